The van der Waals surface area contributed by atoms with E-state index < -0.39 is 0 Å². The van der Waals surface area contributed by atoms with Crippen LogP contribution in [0.15, 0.2) is 65.8 Å². The molecular weight excluding hydrogens is 346 g/mol. The van der Waals surface area contributed by atoms with Gasteiger partial charge in [-0.2, -0.15) is 0 Å². The predicted molar refractivity (Wildman–Crippen MR) is 104 cm³/mol. The molecule has 26 heavy (non-hydrogen) atoms. The average molecular weight is 367 g/mol. The lowest BCUT2D eigenvalue weighted by atomic mass is 10.2. The van der Waals surface area contributed by atoms with Crippen LogP contribution in [0.4, 0.5) is 0 Å². The van der Waals surface area contributed by atoms with Crippen molar-refractivity contribution in [3.63, 3.8) is 0 Å². The van der Waals surface area contributed by atoms with Crippen LogP contribution in [0.25, 0.3) is 11.4 Å². The van der Waals surface area contributed by atoms with Crippen LogP contribution in [0.3, 0.4) is 0 Å². The zero-order valence-corrected chi connectivity index (χ0v) is 15.4. The van der Waals surface area contributed by atoms with Gasteiger partial charge < -0.3 is 10.7 Å². The number of hydrogen-bond acceptors (Lipinski definition) is 5. The van der Waals surface area contributed by atoms with Crippen molar-refractivity contribution in [3.8, 4) is 11.4 Å². The van der Waals surface area contributed by atoms with Gasteiger partial charge in [0.2, 0.25) is 11.1 Å². The molecule has 0 unspecified atom stereocenters. The summed E-state index contributed by atoms with van der Waals surface area (Å²) in [6.45, 7) is 3.23. The zero-order chi connectivity index (χ0) is 18.4. The van der Waals surface area contributed by atoms with E-state index in [-0.39, 0.29) is 11.7 Å². The number of nitrogens with zero attached hydrogens (tertiary/aromatic N) is 4. The Balaban J connectivity index is 1.63. The number of nitrogens with two attached hydrogens (primary N) is 1. The predicted octanol–water partition coefficient (Wildman–Crippen LogP) is 2.80. The molecule has 0 bridgehead atoms. The molecule has 0 spiro atoms. The quantitative estimate of drug-likeness (QED) is 0.513. The molecule has 0 saturated heterocycles. The van der Waals surface area contributed by atoms with Crippen LogP contribution in [0.1, 0.15) is 12.5 Å². The molecule has 1 amide bonds. The van der Waals surface area contributed by atoms with E-state index in [1.165, 1.54) is 16.4 Å². The highest BCUT2D eigenvalue weighted by atomic mass is 32.2. The van der Waals surface area contributed by atoms with E-state index in [0.717, 1.165) is 11.1 Å². The molecule has 0 atom stereocenters. The van der Waals surface area contributed by atoms with E-state index in [9.17, 15) is 4.79 Å². The molecule has 7 heteroatoms. The zero-order valence-electron chi connectivity index (χ0n) is 14.6. The third-order valence-corrected chi connectivity index (χ3v) is 4.90. The third-order valence-electron chi connectivity index (χ3n) is 3.97. The first kappa shape index (κ1) is 18.0. The minimum atomic E-state index is 0.0469. The van der Waals surface area contributed by atoms with E-state index in [2.05, 4.69) is 10.2 Å². The monoisotopic (exact) mass is 367 g/mol. The van der Waals surface area contributed by atoms with Crippen molar-refractivity contribution in [1.29, 1.82) is 0 Å². The number of aromatic nitrogens is 3. The Morgan fingerprint density at radius 3 is 2.38 bits per heavy atom. The average Bonchev–Trinajstić information content (AvgIpc) is 3.06. The second-order valence-electron chi connectivity index (χ2n) is 5.72. The number of nitrogen functional groups attached to an aromatic ring is 1. The maximum absolute atomic E-state index is 12.5. The fraction of sp³-hybridized carbons (Fsp3) is 0.211. The second kappa shape index (κ2) is 8.53. The van der Waals surface area contributed by atoms with Crippen LogP contribution < -0.4 is 5.84 Å². The van der Waals surface area contributed by atoms with E-state index in [4.69, 9.17) is 5.84 Å². The van der Waals surface area contributed by atoms with E-state index in [1.807, 2.05) is 72.5 Å². The number of amides is 1. The highest BCUT2D eigenvalue weighted by Gasteiger charge is 2.16. The van der Waals surface area contributed by atoms with Crippen molar-refractivity contribution in [3.05, 3.63) is 66.2 Å². The van der Waals surface area contributed by atoms with Crippen molar-refractivity contribution >= 4 is 17.7 Å². The molecule has 1 aromatic heterocycles. The number of benzene rings is 2. The summed E-state index contributed by atoms with van der Waals surface area (Å²) in [6.07, 6.45) is 0. The van der Waals surface area contributed by atoms with Crippen LogP contribution in [0, 0.1) is 0 Å². The van der Waals surface area contributed by atoms with Crippen molar-refractivity contribution in [2.24, 2.45) is 0 Å². The summed E-state index contributed by atoms with van der Waals surface area (Å²) >= 11 is 1.30. The van der Waals surface area contributed by atoms with Gasteiger partial charge in [0, 0.05) is 18.7 Å². The van der Waals surface area contributed by atoms with Gasteiger partial charge in [-0.05, 0) is 12.5 Å². The molecular formula is C19H21N5OS. The largest absolute Gasteiger partial charge is 0.338 e. The van der Waals surface area contributed by atoms with Gasteiger partial charge in [0.15, 0.2) is 5.82 Å². The molecule has 0 aliphatic carbocycles. The van der Waals surface area contributed by atoms with E-state index >= 15 is 0 Å². The van der Waals surface area contributed by atoms with Gasteiger partial charge in [-0.1, -0.05) is 72.4 Å². The molecule has 2 aromatic carbocycles. The van der Waals surface area contributed by atoms with Gasteiger partial charge >= 0.3 is 0 Å². The molecule has 6 nitrogen and oxygen atoms in total. The lowest BCUT2D eigenvalue weighted by molar-refractivity contribution is -0.128. The molecule has 3 rings (SSSR count). The van der Waals surface area contributed by atoms with Gasteiger partial charge in [0.1, 0.15) is 0 Å². The Bertz CT molecular complexity index is 851. The summed E-state index contributed by atoms with van der Waals surface area (Å²) in [5.74, 6) is 7.00. The van der Waals surface area contributed by atoms with Gasteiger partial charge in [-0.25, -0.2) is 4.68 Å². The fourth-order valence-corrected chi connectivity index (χ4v) is 3.32. The molecule has 0 aliphatic heterocycles. The van der Waals surface area contributed by atoms with Gasteiger partial charge in [-0.15, -0.1) is 10.2 Å². The Labute approximate surface area is 157 Å². The fourth-order valence-electron chi connectivity index (χ4n) is 2.56. The molecule has 0 saturated carbocycles. The highest BCUT2D eigenvalue weighted by molar-refractivity contribution is 7.99. The topological polar surface area (TPSA) is 77.0 Å². The van der Waals surface area contributed by atoms with Crippen LogP contribution in [0.2, 0.25) is 0 Å². The van der Waals surface area contributed by atoms with Crippen molar-refractivity contribution in [2.45, 2.75) is 18.6 Å². The molecule has 134 valence electrons. The second-order valence-corrected chi connectivity index (χ2v) is 6.67. The standard InChI is InChI=1S/C19H21N5OS/c1-2-23(13-15-9-5-3-6-10-15)17(25)14-26-19-22-21-18(24(19)20)16-11-7-4-8-12-16/h3-12H,2,13-14,20H2,1H3. The molecule has 0 radical (unpaired) electrons. The summed E-state index contributed by atoms with van der Waals surface area (Å²) < 4.78 is 1.43. The first-order valence-electron chi connectivity index (χ1n) is 8.39. The Morgan fingerprint density at radius 2 is 1.73 bits per heavy atom. The van der Waals surface area contributed by atoms with Crippen molar-refractivity contribution in [1.82, 2.24) is 19.8 Å². The number of hydrogen-bond donors (Lipinski definition) is 1. The molecule has 0 aliphatic rings. The minimum Gasteiger partial charge on any atom is -0.338 e. The van der Waals surface area contributed by atoms with Crippen LogP contribution in [-0.2, 0) is 11.3 Å². The Morgan fingerprint density at radius 1 is 1.08 bits per heavy atom. The molecule has 1 heterocycles. The van der Waals surface area contributed by atoms with Crippen LogP contribution >= 0.6 is 11.8 Å². The SMILES string of the molecule is CCN(Cc1ccccc1)C(=O)CSc1nnc(-c2ccccc2)n1N. The highest BCUT2D eigenvalue weighted by Crippen LogP contribution is 2.21. The first-order valence-corrected chi connectivity index (χ1v) is 9.38. The van der Waals surface area contributed by atoms with E-state index in [0.29, 0.717) is 24.1 Å². The van der Waals surface area contributed by atoms with E-state index in [1.54, 1.807) is 0 Å². The maximum Gasteiger partial charge on any atom is 0.233 e. The first-order chi connectivity index (χ1) is 12.7. The number of thioether (sulfide) groups is 1. The van der Waals surface area contributed by atoms with Gasteiger partial charge in [-0.3, -0.25) is 4.79 Å². The summed E-state index contributed by atoms with van der Waals surface area (Å²) in [5.41, 5.74) is 2.00. The summed E-state index contributed by atoms with van der Waals surface area (Å²) in [5, 5.41) is 8.77. The Hall–Kier alpha value is -2.80. The van der Waals surface area contributed by atoms with Crippen LogP contribution in [-0.4, -0.2) is 38.0 Å². The normalized spacial score (nSPS) is 10.7. The summed E-state index contributed by atoms with van der Waals surface area (Å²) in [4.78, 5) is 14.4. The smallest absolute Gasteiger partial charge is 0.233 e. The summed E-state index contributed by atoms with van der Waals surface area (Å²) in [6, 6.07) is 19.6. The van der Waals surface area contributed by atoms with Crippen molar-refractivity contribution < 1.29 is 4.79 Å². The number of carbonyl (C=O) groups is 1. The van der Waals surface area contributed by atoms with Crippen LogP contribution in [0.5, 0.6) is 0 Å². The maximum atomic E-state index is 12.5. The molecule has 3 aromatic rings. The molecule has 0 fully saturated rings. The third kappa shape index (κ3) is 4.23. The van der Waals surface area contributed by atoms with Crippen molar-refractivity contribution in [2.75, 3.05) is 18.1 Å². The minimum absolute atomic E-state index is 0.0469. The summed E-state index contributed by atoms with van der Waals surface area (Å²) in [7, 11) is 0. The number of rotatable bonds is 7. The molecule has 2 N–H and O–H groups in total. The number of carbonyl (C=O) groups excluding carboxylic acids is 1. The lowest BCUT2D eigenvalue weighted by Crippen LogP contribution is -2.31. The lowest BCUT2D eigenvalue weighted by Gasteiger charge is -2.20. The Kier molecular flexibility index (Phi) is 5.91. The van der Waals surface area contributed by atoms with Gasteiger partial charge in [0.25, 0.3) is 0 Å². The van der Waals surface area contributed by atoms with Gasteiger partial charge in [0.05, 0.1) is 5.75 Å².